The summed E-state index contributed by atoms with van der Waals surface area (Å²) in [7, 11) is 0. The van der Waals surface area contributed by atoms with Crippen LogP contribution in [-0.2, 0) is 9.53 Å². The van der Waals surface area contributed by atoms with E-state index in [1.807, 2.05) is 36.4 Å². The van der Waals surface area contributed by atoms with Gasteiger partial charge in [0, 0.05) is 6.08 Å². The number of hydrogen-bond acceptors (Lipinski definition) is 3. The first-order valence-electron chi connectivity index (χ1n) is 6.68. The van der Waals surface area contributed by atoms with Crippen LogP contribution in [-0.4, -0.2) is 12.6 Å². The number of rotatable bonds is 4. The highest BCUT2D eigenvalue weighted by Crippen LogP contribution is 2.20. The summed E-state index contributed by atoms with van der Waals surface area (Å²) in [6.45, 7) is 2.15. The Morgan fingerprint density at radius 2 is 1.67 bits per heavy atom. The predicted octanol–water partition coefficient (Wildman–Crippen LogP) is 3.80. The number of nitrogens with zero attached hydrogens (tertiary/aromatic N) is 1. The predicted molar refractivity (Wildman–Crippen MR) is 82.3 cm³/mol. The summed E-state index contributed by atoms with van der Waals surface area (Å²) in [5.41, 5.74) is 3.69. The van der Waals surface area contributed by atoms with Crippen LogP contribution < -0.4 is 0 Å². The van der Waals surface area contributed by atoms with Gasteiger partial charge in [-0.05, 0) is 41.8 Å². The van der Waals surface area contributed by atoms with E-state index in [2.05, 4.69) is 6.07 Å². The van der Waals surface area contributed by atoms with Crippen LogP contribution in [0.15, 0.2) is 54.6 Å². The van der Waals surface area contributed by atoms with E-state index in [-0.39, 0.29) is 5.97 Å². The second-order valence-corrected chi connectivity index (χ2v) is 4.40. The van der Waals surface area contributed by atoms with Gasteiger partial charge >= 0.3 is 5.97 Å². The SMILES string of the molecule is CCOC(=O)/C=C/c1ccc(-c2ccc(C#N)cc2)cc1. The van der Waals surface area contributed by atoms with Gasteiger partial charge in [0.1, 0.15) is 0 Å². The van der Waals surface area contributed by atoms with E-state index in [1.54, 1.807) is 25.1 Å². The van der Waals surface area contributed by atoms with E-state index >= 15 is 0 Å². The Morgan fingerprint density at radius 1 is 1.10 bits per heavy atom. The second kappa shape index (κ2) is 7.06. The van der Waals surface area contributed by atoms with Crippen LogP contribution in [0.3, 0.4) is 0 Å². The summed E-state index contributed by atoms with van der Waals surface area (Å²) in [5.74, 6) is -0.339. The molecule has 0 aliphatic carbocycles. The molecule has 0 atom stereocenters. The fraction of sp³-hybridized carbons (Fsp3) is 0.111. The Bertz CT molecular complexity index is 677. The van der Waals surface area contributed by atoms with Crippen molar-refractivity contribution in [1.29, 1.82) is 5.26 Å². The Kier molecular flexibility index (Phi) is 4.89. The van der Waals surface area contributed by atoms with E-state index in [1.165, 1.54) is 6.08 Å². The van der Waals surface area contributed by atoms with E-state index in [4.69, 9.17) is 10.00 Å². The minimum Gasteiger partial charge on any atom is -0.463 e. The molecular formula is C18H15NO2. The van der Waals surface area contributed by atoms with Crippen LogP contribution >= 0.6 is 0 Å². The molecule has 0 heterocycles. The molecule has 2 aromatic rings. The van der Waals surface area contributed by atoms with Crippen LogP contribution in [0.4, 0.5) is 0 Å². The zero-order valence-electron chi connectivity index (χ0n) is 11.7. The molecule has 3 heteroatoms. The number of hydrogen-bond donors (Lipinski definition) is 0. The molecule has 21 heavy (non-hydrogen) atoms. The number of esters is 1. The van der Waals surface area contributed by atoms with Crippen molar-refractivity contribution in [3.8, 4) is 17.2 Å². The average molecular weight is 277 g/mol. The third-order valence-electron chi connectivity index (χ3n) is 2.96. The van der Waals surface area contributed by atoms with Crippen molar-refractivity contribution < 1.29 is 9.53 Å². The molecule has 0 bridgehead atoms. The Morgan fingerprint density at radius 3 is 2.19 bits per heavy atom. The summed E-state index contributed by atoms with van der Waals surface area (Å²) >= 11 is 0. The Balaban J connectivity index is 2.11. The third-order valence-corrected chi connectivity index (χ3v) is 2.96. The summed E-state index contributed by atoms with van der Waals surface area (Å²) in [5, 5.41) is 8.78. The zero-order chi connectivity index (χ0) is 15.1. The topological polar surface area (TPSA) is 50.1 Å². The monoisotopic (exact) mass is 277 g/mol. The lowest BCUT2D eigenvalue weighted by molar-refractivity contribution is -0.137. The molecule has 0 aliphatic rings. The Labute approximate surface area is 124 Å². The van der Waals surface area contributed by atoms with Gasteiger partial charge in [-0.3, -0.25) is 0 Å². The van der Waals surface area contributed by atoms with Crippen LogP contribution in [0.5, 0.6) is 0 Å². The third kappa shape index (κ3) is 4.05. The Hall–Kier alpha value is -2.86. The highest BCUT2D eigenvalue weighted by atomic mass is 16.5. The van der Waals surface area contributed by atoms with Crippen molar-refractivity contribution in [2.75, 3.05) is 6.61 Å². The lowest BCUT2D eigenvalue weighted by Gasteiger charge is -2.02. The molecule has 0 amide bonds. The lowest BCUT2D eigenvalue weighted by Crippen LogP contribution is -1.98. The zero-order valence-corrected chi connectivity index (χ0v) is 11.7. The normalized spacial score (nSPS) is 10.3. The van der Waals surface area contributed by atoms with E-state index < -0.39 is 0 Å². The highest BCUT2D eigenvalue weighted by Gasteiger charge is 1.98. The second-order valence-electron chi connectivity index (χ2n) is 4.40. The van der Waals surface area contributed by atoms with E-state index in [0.29, 0.717) is 12.2 Å². The first-order chi connectivity index (χ1) is 10.2. The minimum absolute atomic E-state index is 0.339. The molecule has 3 nitrogen and oxygen atoms in total. The van der Waals surface area contributed by atoms with Gasteiger partial charge in [0.05, 0.1) is 18.2 Å². The van der Waals surface area contributed by atoms with Gasteiger partial charge in [0.15, 0.2) is 0 Å². The van der Waals surface area contributed by atoms with Gasteiger partial charge in [0.25, 0.3) is 0 Å². The fourth-order valence-corrected chi connectivity index (χ4v) is 1.88. The van der Waals surface area contributed by atoms with Crippen LogP contribution in [0.25, 0.3) is 17.2 Å². The van der Waals surface area contributed by atoms with Crippen molar-refractivity contribution >= 4 is 12.0 Å². The molecular weight excluding hydrogens is 262 g/mol. The molecule has 0 aliphatic heterocycles. The van der Waals surface area contributed by atoms with Crippen molar-refractivity contribution in [3.63, 3.8) is 0 Å². The van der Waals surface area contributed by atoms with Gasteiger partial charge in [-0.15, -0.1) is 0 Å². The van der Waals surface area contributed by atoms with E-state index in [0.717, 1.165) is 16.7 Å². The van der Waals surface area contributed by atoms with Crippen molar-refractivity contribution in [2.24, 2.45) is 0 Å². The van der Waals surface area contributed by atoms with Crippen LogP contribution in [0.1, 0.15) is 18.1 Å². The van der Waals surface area contributed by atoms with Crippen LogP contribution in [0, 0.1) is 11.3 Å². The van der Waals surface area contributed by atoms with Gasteiger partial charge in [-0.25, -0.2) is 4.79 Å². The number of nitriles is 1. The maximum Gasteiger partial charge on any atom is 0.330 e. The molecule has 104 valence electrons. The summed E-state index contributed by atoms with van der Waals surface area (Å²) < 4.78 is 4.83. The van der Waals surface area contributed by atoms with Gasteiger partial charge in [-0.2, -0.15) is 5.26 Å². The lowest BCUT2D eigenvalue weighted by atomic mass is 10.0. The van der Waals surface area contributed by atoms with Crippen molar-refractivity contribution in [1.82, 2.24) is 0 Å². The largest absolute Gasteiger partial charge is 0.463 e. The standard InChI is InChI=1S/C18H15NO2/c1-2-21-18(20)12-7-14-3-8-16(9-4-14)17-10-5-15(13-19)6-11-17/h3-12H,2H2,1H3/b12-7+. The van der Waals surface area contributed by atoms with E-state index in [9.17, 15) is 4.79 Å². The maximum absolute atomic E-state index is 11.2. The molecule has 0 radical (unpaired) electrons. The maximum atomic E-state index is 11.2. The van der Waals surface area contributed by atoms with Gasteiger partial charge < -0.3 is 4.74 Å². The molecule has 0 saturated carbocycles. The average Bonchev–Trinajstić information content (AvgIpc) is 2.54. The fourth-order valence-electron chi connectivity index (χ4n) is 1.88. The number of carbonyl (C=O) groups excluding carboxylic acids is 1. The summed E-state index contributed by atoms with van der Waals surface area (Å²) in [4.78, 5) is 11.2. The summed E-state index contributed by atoms with van der Waals surface area (Å²) in [6.07, 6.45) is 3.14. The number of carbonyl (C=O) groups is 1. The molecule has 2 rings (SSSR count). The van der Waals surface area contributed by atoms with Gasteiger partial charge in [-0.1, -0.05) is 36.4 Å². The van der Waals surface area contributed by atoms with Gasteiger partial charge in [0.2, 0.25) is 0 Å². The van der Waals surface area contributed by atoms with Crippen molar-refractivity contribution in [3.05, 3.63) is 65.7 Å². The van der Waals surface area contributed by atoms with Crippen LogP contribution in [0.2, 0.25) is 0 Å². The quantitative estimate of drug-likeness (QED) is 0.631. The molecule has 0 aromatic heterocycles. The van der Waals surface area contributed by atoms with Crippen molar-refractivity contribution in [2.45, 2.75) is 6.92 Å². The number of benzene rings is 2. The molecule has 0 saturated heterocycles. The minimum atomic E-state index is -0.339. The number of ether oxygens (including phenoxy) is 1. The first kappa shape index (κ1) is 14.5. The molecule has 0 N–H and O–H groups in total. The summed E-state index contributed by atoms with van der Waals surface area (Å²) in [6, 6.07) is 17.4. The highest BCUT2D eigenvalue weighted by molar-refractivity contribution is 5.87. The smallest absolute Gasteiger partial charge is 0.330 e. The molecule has 2 aromatic carbocycles. The molecule has 0 spiro atoms. The molecule has 0 fully saturated rings. The first-order valence-corrected chi connectivity index (χ1v) is 6.68. The molecule has 0 unspecified atom stereocenters.